The second kappa shape index (κ2) is 8.31. The van der Waals surface area contributed by atoms with Gasteiger partial charge in [0.05, 0.1) is 0 Å². The normalized spacial score (nSPS) is 11.8. The van der Waals surface area contributed by atoms with E-state index < -0.39 is 0 Å². The van der Waals surface area contributed by atoms with Gasteiger partial charge in [0, 0.05) is 41.4 Å². The van der Waals surface area contributed by atoms with Gasteiger partial charge in [0.2, 0.25) is 0 Å². The highest BCUT2D eigenvalue weighted by Crippen LogP contribution is 2.38. The average Bonchev–Trinajstić information content (AvgIpc) is 2.69. The fraction of sp³-hybridized carbons (Fsp3) is 0.200. The van der Waals surface area contributed by atoms with E-state index in [4.69, 9.17) is 0 Å². The van der Waals surface area contributed by atoms with E-state index in [1.807, 2.05) is 56.3 Å². The first-order valence-corrected chi connectivity index (χ1v) is 9.30. The fourth-order valence-corrected chi connectivity index (χ4v) is 3.60. The largest absolute Gasteiger partial charge is 0.508 e. The molecule has 0 amide bonds. The third-order valence-corrected chi connectivity index (χ3v) is 5.18. The van der Waals surface area contributed by atoms with Gasteiger partial charge < -0.3 is 10.2 Å². The Kier molecular flexibility index (Phi) is 5.83. The molecule has 0 aliphatic rings. The number of hydrogen-bond acceptors (Lipinski definition) is 4. The molecule has 0 aliphatic carbocycles. The Morgan fingerprint density at radius 1 is 0.897 bits per heavy atom. The number of phenolic OH excluding ortho intramolecular Hbond substituents is 2. The number of phenols is 2. The number of hydrogen-bond donors (Lipinski definition) is 2. The van der Waals surface area contributed by atoms with Crippen LogP contribution in [0, 0.1) is 13.8 Å². The van der Waals surface area contributed by atoms with Crippen LogP contribution in [0.5, 0.6) is 11.5 Å². The zero-order chi connectivity index (χ0) is 19.7. The van der Waals surface area contributed by atoms with Gasteiger partial charge >= 0.3 is 0 Å². The van der Waals surface area contributed by atoms with E-state index in [1.165, 1.54) is 0 Å². The van der Waals surface area contributed by atoms with Gasteiger partial charge in [-0.3, -0.25) is 9.97 Å². The van der Waals surface area contributed by atoms with Crippen LogP contribution in [-0.4, -0.2) is 20.2 Å². The molecule has 0 saturated carbocycles. The van der Waals surface area contributed by atoms with Crippen LogP contribution in [-0.2, 0) is 6.42 Å². The number of benzene rings is 2. The molecule has 2 aromatic carbocycles. The lowest BCUT2D eigenvalue weighted by atomic mass is 9.85. The van der Waals surface area contributed by atoms with E-state index in [0.717, 1.165) is 33.3 Å². The van der Waals surface area contributed by atoms with Crippen LogP contribution in [0.2, 0.25) is 0 Å². The van der Waals surface area contributed by atoms with Crippen molar-refractivity contribution in [2.24, 2.45) is 0 Å². The summed E-state index contributed by atoms with van der Waals surface area (Å²) < 4.78 is 0. The lowest BCUT2D eigenvalue weighted by Gasteiger charge is -2.20. The minimum absolute atomic E-state index is 0. The summed E-state index contributed by atoms with van der Waals surface area (Å²) in [5.41, 5.74) is 5.18. The highest BCUT2D eigenvalue weighted by Gasteiger charge is 2.22. The molecule has 4 rings (SSSR count). The third kappa shape index (κ3) is 4.06. The number of aryl methyl sites for hydroxylation is 2. The molecular formula is C25H26N2O2. The number of pyridine rings is 2. The molecule has 0 bridgehead atoms. The molecule has 0 fully saturated rings. The van der Waals surface area contributed by atoms with Crippen molar-refractivity contribution in [3.05, 3.63) is 94.9 Å². The van der Waals surface area contributed by atoms with Gasteiger partial charge in [-0.1, -0.05) is 37.8 Å². The van der Waals surface area contributed by atoms with Crippen LogP contribution >= 0.6 is 0 Å². The Labute approximate surface area is 171 Å². The molecule has 0 radical (unpaired) electrons. The second-order valence-electron chi connectivity index (χ2n) is 7.21. The molecule has 1 unspecified atom stereocenters. The van der Waals surface area contributed by atoms with Gasteiger partial charge in [-0.2, -0.15) is 0 Å². The first-order chi connectivity index (χ1) is 13.5. The molecule has 0 spiro atoms. The summed E-state index contributed by atoms with van der Waals surface area (Å²) in [4.78, 5) is 8.86. The first kappa shape index (κ1) is 20.3. The Morgan fingerprint density at radius 3 is 2.48 bits per heavy atom. The Morgan fingerprint density at radius 2 is 1.72 bits per heavy atom. The molecule has 1 atom stereocenters. The average molecular weight is 386 g/mol. The quantitative estimate of drug-likeness (QED) is 0.474. The summed E-state index contributed by atoms with van der Waals surface area (Å²) in [6.07, 6.45) is 4.09. The maximum atomic E-state index is 11.0. The molecule has 0 saturated heterocycles. The summed E-state index contributed by atoms with van der Waals surface area (Å²) >= 11 is 0. The number of nitrogens with zero attached hydrogens (tertiary/aromatic N) is 2. The van der Waals surface area contributed by atoms with Crippen LogP contribution < -0.4 is 0 Å². The SMILES string of the molecule is C.Cc1ccnc(CC(c2ccc(C)c(O)c2)c2ccc3cccnc3c2O)c1. The minimum atomic E-state index is -0.160. The van der Waals surface area contributed by atoms with Crippen LogP contribution in [0.4, 0.5) is 0 Å². The summed E-state index contributed by atoms with van der Waals surface area (Å²) in [5, 5.41) is 22.1. The molecule has 2 heterocycles. The van der Waals surface area contributed by atoms with E-state index >= 15 is 0 Å². The number of rotatable bonds is 4. The van der Waals surface area contributed by atoms with Crippen LogP contribution in [0.1, 0.15) is 41.3 Å². The van der Waals surface area contributed by atoms with Crippen LogP contribution in [0.3, 0.4) is 0 Å². The van der Waals surface area contributed by atoms with Gasteiger partial charge in [0.25, 0.3) is 0 Å². The molecule has 0 aliphatic heterocycles. The van der Waals surface area contributed by atoms with E-state index in [9.17, 15) is 10.2 Å². The third-order valence-electron chi connectivity index (χ3n) is 5.18. The minimum Gasteiger partial charge on any atom is -0.508 e. The maximum Gasteiger partial charge on any atom is 0.145 e. The molecule has 29 heavy (non-hydrogen) atoms. The van der Waals surface area contributed by atoms with E-state index in [0.29, 0.717) is 11.9 Å². The number of aromatic nitrogens is 2. The van der Waals surface area contributed by atoms with Crippen molar-refractivity contribution < 1.29 is 10.2 Å². The van der Waals surface area contributed by atoms with Crippen molar-refractivity contribution in [1.29, 1.82) is 0 Å². The summed E-state index contributed by atoms with van der Waals surface area (Å²) in [5.74, 6) is 0.265. The van der Waals surface area contributed by atoms with Crippen molar-refractivity contribution in [2.75, 3.05) is 0 Å². The van der Waals surface area contributed by atoms with Crippen LogP contribution in [0.25, 0.3) is 10.9 Å². The summed E-state index contributed by atoms with van der Waals surface area (Å²) in [6, 6.07) is 17.4. The Bertz CT molecular complexity index is 1150. The van der Waals surface area contributed by atoms with Gasteiger partial charge in [0.1, 0.15) is 17.0 Å². The highest BCUT2D eigenvalue weighted by atomic mass is 16.3. The van der Waals surface area contributed by atoms with Crippen molar-refractivity contribution in [2.45, 2.75) is 33.6 Å². The van der Waals surface area contributed by atoms with Crippen molar-refractivity contribution in [1.82, 2.24) is 9.97 Å². The van der Waals surface area contributed by atoms with Gasteiger partial charge in [-0.25, -0.2) is 0 Å². The fourth-order valence-electron chi connectivity index (χ4n) is 3.60. The maximum absolute atomic E-state index is 11.0. The first-order valence-electron chi connectivity index (χ1n) is 9.30. The Hall–Kier alpha value is -3.40. The topological polar surface area (TPSA) is 66.2 Å². The Balaban J connectivity index is 0.00000240. The van der Waals surface area contributed by atoms with Crippen molar-refractivity contribution in [3.8, 4) is 11.5 Å². The molecule has 2 N–H and O–H groups in total. The monoisotopic (exact) mass is 386 g/mol. The van der Waals surface area contributed by atoms with Crippen LogP contribution in [0.15, 0.2) is 67.0 Å². The number of fused-ring (bicyclic) bond motifs is 1. The lowest BCUT2D eigenvalue weighted by Crippen LogP contribution is -2.07. The van der Waals surface area contributed by atoms with E-state index in [-0.39, 0.29) is 24.8 Å². The standard InChI is InChI=1S/C24H22N2O2.CH4/c1-15-9-11-25-19(12-15)14-21(18-6-5-16(2)22(27)13-18)20-8-7-17-4-3-10-26-23(17)24(20)28;/h3-13,21,27-28H,14H2,1-2H3;1H4. The van der Waals surface area contributed by atoms with E-state index in [2.05, 4.69) is 16.0 Å². The number of aromatic hydroxyl groups is 2. The van der Waals surface area contributed by atoms with Gasteiger partial charge in [-0.05, 0) is 54.8 Å². The van der Waals surface area contributed by atoms with Gasteiger partial charge in [-0.15, -0.1) is 0 Å². The second-order valence-corrected chi connectivity index (χ2v) is 7.21. The molecule has 4 heteroatoms. The molecular weight excluding hydrogens is 360 g/mol. The lowest BCUT2D eigenvalue weighted by molar-refractivity contribution is 0.465. The zero-order valence-corrected chi connectivity index (χ0v) is 15.9. The smallest absolute Gasteiger partial charge is 0.145 e. The molecule has 148 valence electrons. The summed E-state index contributed by atoms with van der Waals surface area (Å²) in [6.45, 7) is 3.91. The zero-order valence-electron chi connectivity index (χ0n) is 15.9. The van der Waals surface area contributed by atoms with Crippen molar-refractivity contribution in [3.63, 3.8) is 0 Å². The molecule has 4 aromatic rings. The molecule has 4 nitrogen and oxygen atoms in total. The predicted octanol–water partition coefficient (Wildman–Crippen LogP) is 5.67. The van der Waals surface area contributed by atoms with Gasteiger partial charge in [0.15, 0.2) is 0 Å². The highest BCUT2D eigenvalue weighted by molar-refractivity contribution is 5.85. The van der Waals surface area contributed by atoms with E-state index in [1.54, 1.807) is 18.5 Å². The summed E-state index contributed by atoms with van der Waals surface area (Å²) in [7, 11) is 0. The van der Waals surface area contributed by atoms with Crippen molar-refractivity contribution >= 4 is 10.9 Å². The predicted molar refractivity (Wildman–Crippen MR) is 118 cm³/mol. The molecule has 2 aromatic heterocycles.